The van der Waals surface area contributed by atoms with Crippen LogP contribution in [0.3, 0.4) is 0 Å². The third-order valence-electron chi connectivity index (χ3n) is 3.92. The number of hydrogen-bond donors (Lipinski definition) is 0. The second-order valence-electron chi connectivity index (χ2n) is 5.80. The first-order valence-electron chi connectivity index (χ1n) is 8.16. The summed E-state index contributed by atoms with van der Waals surface area (Å²) in [6.07, 6.45) is 0. The molecule has 4 aromatic rings. The Hall–Kier alpha value is -2.36. The molecule has 0 aliphatic heterocycles. The molecule has 0 N–H and O–H groups in total. The van der Waals surface area contributed by atoms with E-state index in [1.165, 1.54) is 20.9 Å². The Bertz CT molecular complexity index is 901. The SMILES string of the molecule is Cc1ccc(Sc2nc(-c3ccccc3)c(-c3ccccc3)s2)cc1. The molecule has 0 amide bonds. The highest BCUT2D eigenvalue weighted by Gasteiger charge is 2.15. The highest BCUT2D eigenvalue weighted by Crippen LogP contribution is 2.42. The van der Waals surface area contributed by atoms with Gasteiger partial charge in [-0.1, -0.05) is 90.1 Å². The Morgan fingerprint density at radius 2 is 1.32 bits per heavy atom. The smallest absolute Gasteiger partial charge is 0.155 e. The first-order chi connectivity index (χ1) is 12.3. The van der Waals surface area contributed by atoms with Gasteiger partial charge in [0, 0.05) is 10.5 Å². The van der Waals surface area contributed by atoms with Gasteiger partial charge in [0.25, 0.3) is 0 Å². The minimum atomic E-state index is 1.06. The number of aryl methyl sites for hydroxylation is 1. The van der Waals surface area contributed by atoms with Gasteiger partial charge in [0.05, 0.1) is 10.6 Å². The van der Waals surface area contributed by atoms with Crippen LogP contribution in [0.2, 0.25) is 0 Å². The molecule has 0 aliphatic rings. The molecule has 3 aromatic carbocycles. The summed E-state index contributed by atoms with van der Waals surface area (Å²) in [7, 11) is 0. The van der Waals surface area contributed by atoms with Crippen molar-refractivity contribution in [3.8, 4) is 21.7 Å². The van der Waals surface area contributed by atoms with Crippen molar-refractivity contribution in [2.24, 2.45) is 0 Å². The fourth-order valence-corrected chi connectivity index (χ4v) is 4.77. The summed E-state index contributed by atoms with van der Waals surface area (Å²) in [6, 6.07) is 29.6. The maximum Gasteiger partial charge on any atom is 0.155 e. The van der Waals surface area contributed by atoms with Gasteiger partial charge in [0.15, 0.2) is 4.34 Å². The summed E-state index contributed by atoms with van der Waals surface area (Å²) in [5, 5.41) is 0. The van der Waals surface area contributed by atoms with E-state index in [0.717, 1.165) is 15.6 Å². The van der Waals surface area contributed by atoms with Crippen molar-refractivity contribution in [3.63, 3.8) is 0 Å². The van der Waals surface area contributed by atoms with E-state index in [1.807, 2.05) is 6.07 Å². The molecular formula is C22H17NS2. The lowest BCUT2D eigenvalue weighted by atomic mass is 10.1. The topological polar surface area (TPSA) is 12.9 Å². The second-order valence-corrected chi connectivity index (χ2v) is 8.12. The highest BCUT2D eigenvalue weighted by atomic mass is 32.2. The summed E-state index contributed by atoms with van der Waals surface area (Å²) < 4.78 is 1.07. The summed E-state index contributed by atoms with van der Waals surface area (Å²) >= 11 is 3.49. The summed E-state index contributed by atoms with van der Waals surface area (Å²) in [5.41, 5.74) is 4.72. The number of nitrogens with zero attached hydrogens (tertiary/aromatic N) is 1. The third-order valence-corrected chi connectivity index (χ3v) is 6.09. The van der Waals surface area contributed by atoms with Crippen LogP contribution >= 0.6 is 23.1 Å². The van der Waals surface area contributed by atoms with Gasteiger partial charge in [0.1, 0.15) is 0 Å². The highest BCUT2D eigenvalue weighted by molar-refractivity contribution is 8.01. The minimum Gasteiger partial charge on any atom is -0.229 e. The number of thiazole rings is 1. The van der Waals surface area contributed by atoms with Crippen molar-refractivity contribution in [2.75, 3.05) is 0 Å². The van der Waals surface area contributed by atoms with E-state index in [2.05, 4.69) is 85.8 Å². The molecule has 0 spiro atoms. The fourth-order valence-electron chi connectivity index (χ4n) is 2.63. The van der Waals surface area contributed by atoms with Gasteiger partial charge in [-0.15, -0.1) is 11.3 Å². The fraction of sp³-hybridized carbons (Fsp3) is 0.0455. The van der Waals surface area contributed by atoms with Crippen molar-refractivity contribution in [1.29, 1.82) is 0 Å². The van der Waals surface area contributed by atoms with Gasteiger partial charge in [-0.2, -0.15) is 0 Å². The van der Waals surface area contributed by atoms with Crippen molar-refractivity contribution in [2.45, 2.75) is 16.2 Å². The number of rotatable bonds is 4. The third kappa shape index (κ3) is 3.68. The Balaban J connectivity index is 1.77. The van der Waals surface area contributed by atoms with Crippen LogP contribution in [0.4, 0.5) is 0 Å². The molecule has 4 rings (SSSR count). The Morgan fingerprint density at radius 1 is 0.720 bits per heavy atom. The standard InChI is InChI=1S/C22H17NS2/c1-16-12-14-19(15-13-16)24-22-23-20(17-8-4-2-5-9-17)21(25-22)18-10-6-3-7-11-18/h2-15H,1H3. The maximum atomic E-state index is 4.96. The van der Waals surface area contributed by atoms with E-state index in [4.69, 9.17) is 4.98 Å². The zero-order valence-electron chi connectivity index (χ0n) is 13.8. The van der Waals surface area contributed by atoms with Gasteiger partial charge in [-0.25, -0.2) is 4.98 Å². The largest absolute Gasteiger partial charge is 0.229 e. The van der Waals surface area contributed by atoms with Crippen LogP contribution in [0, 0.1) is 6.92 Å². The lowest BCUT2D eigenvalue weighted by Crippen LogP contribution is -1.81. The molecule has 0 saturated carbocycles. The van der Waals surface area contributed by atoms with Crippen molar-refractivity contribution >= 4 is 23.1 Å². The first kappa shape index (κ1) is 16.1. The first-order valence-corrected chi connectivity index (χ1v) is 9.79. The van der Waals surface area contributed by atoms with Crippen LogP contribution < -0.4 is 0 Å². The molecule has 1 nitrogen and oxygen atoms in total. The molecule has 0 atom stereocenters. The lowest BCUT2D eigenvalue weighted by Gasteiger charge is -2.02. The average Bonchev–Trinajstić information content (AvgIpc) is 3.09. The molecule has 0 fully saturated rings. The molecule has 1 heterocycles. The lowest BCUT2D eigenvalue weighted by molar-refractivity contribution is 1.25. The van der Waals surface area contributed by atoms with E-state index < -0.39 is 0 Å². The predicted molar refractivity (Wildman–Crippen MR) is 108 cm³/mol. The summed E-state index contributed by atoms with van der Waals surface area (Å²) in [5.74, 6) is 0. The average molecular weight is 360 g/mol. The normalized spacial score (nSPS) is 10.8. The molecular weight excluding hydrogens is 342 g/mol. The Morgan fingerprint density at radius 3 is 1.96 bits per heavy atom. The van der Waals surface area contributed by atoms with Gasteiger partial charge in [-0.05, 0) is 24.6 Å². The number of aromatic nitrogens is 1. The van der Waals surface area contributed by atoms with Gasteiger partial charge >= 0.3 is 0 Å². The summed E-state index contributed by atoms with van der Waals surface area (Å²) in [6.45, 7) is 2.11. The van der Waals surface area contributed by atoms with Crippen LogP contribution in [0.5, 0.6) is 0 Å². The quantitative estimate of drug-likeness (QED) is 0.391. The molecule has 25 heavy (non-hydrogen) atoms. The van der Waals surface area contributed by atoms with Crippen LogP contribution in [-0.2, 0) is 0 Å². The molecule has 1 aromatic heterocycles. The van der Waals surface area contributed by atoms with E-state index >= 15 is 0 Å². The zero-order valence-corrected chi connectivity index (χ0v) is 15.5. The molecule has 0 radical (unpaired) electrons. The zero-order chi connectivity index (χ0) is 17.1. The van der Waals surface area contributed by atoms with E-state index in [1.54, 1.807) is 23.1 Å². The van der Waals surface area contributed by atoms with E-state index in [-0.39, 0.29) is 0 Å². The van der Waals surface area contributed by atoms with E-state index in [9.17, 15) is 0 Å². The molecule has 3 heteroatoms. The van der Waals surface area contributed by atoms with Gasteiger partial charge in [0.2, 0.25) is 0 Å². The second kappa shape index (κ2) is 7.26. The molecule has 0 bridgehead atoms. The molecule has 0 saturated heterocycles. The monoisotopic (exact) mass is 359 g/mol. The van der Waals surface area contributed by atoms with Crippen molar-refractivity contribution in [1.82, 2.24) is 4.98 Å². The Kier molecular flexibility index (Phi) is 4.68. The molecule has 122 valence electrons. The van der Waals surface area contributed by atoms with Crippen molar-refractivity contribution in [3.05, 3.63) is 90.5 Å². The van der Waals surface area contributed by atoms with Crippen molar-refractivity contribution < 1.29 is 0 Å². The summed E-state index contributed by atoms with van der Waals surface area (Å²) in [4.78, 5) is 7.40. The number of benzene rings is 3. The van der Waals surface area contributed by atoms with Gasteiger partial charge < -0.3 is 0 Å². The Labute approximate surface area is 156 Å². The van der Waals surface area contributed by atoms with Crippen LogP contribution in [-0.4, -0.2) is 4.98 Å². The van der Waals surface area contributed by atoms with Gasteiger partial charge in [-0.3, -0.25) is 0 Å². The van der Waals surface area contributed by atoms with Crippen LogP contribution in [0.25, 0.3) is 21.7 Å². The maximum absolute atomic E-state index is 4.96. The molecule has 0 aliphatic carbocycles. The van der Waals surface area contributed by atoms with E-state index in [0.29, 0.717) is 0 Å². The predicted octanol–water partition coefficient (Wildman–Crippen LogP) is 6.94. The minimum absolute atomic E-state index is 1.06. The molecule has 0 unspecified atom stereocenters. The number of hydrogen-bond acceptors (Lipinski definition) is 3. The van der Waals surface area contributed by atoms with Crippen LogP contribution in [0.1, 0.15) is 5.56 Å². The van der Waals surface area contributed by atoms with Crippen LogP contribution in [0.15, 0.2) is 94.2 Å².